The van der Waals surface area contributed by atoms with Crippen molar-refractivity contribution in [1.82, 2.24) is 10.2 Å². The van der Waals surface area contributed by atoms with E-state index in [4.69, 9.17) is 0 Å². The van der Waals surface area contributed by atoms with Gasteiger partial charge in [0.1, 0.15) is 0 Å². The zero-order valence-corrected chi connectivity index (χ0v) is 7.84. The van der Waals surface area contributed by atoms with Gasteiger partial charge in [-0.15, -0.1) is 6.58 Å². The summed E-state index contributed by atoms with van der Waals surface area (Å²) in [5.74, 6) is 0. The van der Waals surface area contributed by atoms with Crippen LogP contribution in [0.3, 0.4) is 0 Å². The molecule has 0 aromatic carbocycles. The van der Waals surface area contributed by atoms with E-state index in [1.807, 2.05) is 6.08 Å². The minimum Gasteiger partial charge on any atom is -0.384 e. The normalized spacial score (nSPS) is 23.9. The monoisotopic (exact) mass is 166 g/mol. The number of nitrogens with one attached hydrogen (secondary N) is 1. The number of hydrogen-bond acceptors (Lipinski definition) is 2. The van der Waals surface area contributed by atoms with Crippen LogP contribution in [-0.2, 0) is 0 Å². The van der Waals surface area contributed by atoms with Gasteiger partial charge in [0.05, 0.1) is 0 Å². The highest BCUT2D eigenvalue weighted by molar-refractivity contribution is 5.06. The molecule has 2 nitrogen and oxygen atoms in total. The van der Waals surface area contributed by atoms with Gasteiger partial charge in [-0.3, -0.25) is 4.90 Å². The molecule has 0 aromatic rings. The zero-order chi connectivity index (χ0) is 8.97. The second-order valence-electron chi connectivity index (χ2n) is 3.33. The third-order valence-corrected chi connectivity index (χ3v) is 2.40. The van der Waals surface area contributed by atoms with Crippen LogP contribution in [0.5, 0.6) is 0 Å². The van der Waals surface area contributed by atoms with Crippen molar-refractivity contribution in [3.05, 3.63) is 24.9 Å². The molecule has 1 rings (SSSR count). The molecule has 12 heavy (non-hydrogen) atoms. The van der Waals surface area contributed by atoms with Gasteiger partial charge >= 0.3 is 0 Å². The first-order valence-electron chi connectivity index (χ1n) is 4.49. The van der Waals surface area contributed by atoms with Crippen molar-refractivity contribution in [3.63, 3.8) is 0 Å². The molecule has 0 spiro atoms. The lowest BCUT2D eigenvalue weighted by Gasteiger charge is -2.22. The first kappa shape index (κ1) is 9.33. The molecule has 1 heterocycles. The minimum absolute atomic E-state index is 0.532. The lowest BCUT2D eigenvalue weighted by atomic mass is 10.2. The molecule has 68 valence electrons. The summed E-state index contributed by atoms with van der Waals surface area (Å²) in [4.78, 5) is 2.35. The van der Waals surface area contributed by atoms with Crippen LogP contribution in [0, 0.1) is 0 Å². The van der Waals surface area contributed by atoms with Crippen LogP contribution in [-0.4, -0.2) is 31.1 Å². The van der Waals surface area contributed by atoms with Crippen molar-refractivity contribution in [2.45, 2.75) is 18.9 Å². The van der Waals surface area contributed by atoms with Crippen LogP contribution in [0.1, 0.15) is 12.8 Å². The highest BCUT2D eigenvalue weighted by atomic mass is 15.2. The van der Waals surface area contributed by atoms with Gasteiger partial charge in [0.2, 0.25) is 0 Å². The van der Waals surface area contributed by atoms with E-state index in [0.717, 1.165) is 12.2 Å². The first-order chi connectivity index (χ1) is 5.75. The van der Waals surface area contributed by atoms with Crippen molar-refractivity contribution in [2.75, 3.05) is 20.1 Å². The molecule has 0 saturated carbocycles. The van der Waals surface area contributed by atoms with Crippen LogP contribution in [0.4, 0.5) is 0 Å². The molecule has 2 heteroatoms. The summed E-state index contributed by atoms with van der Waals surface area (Å²) in [7, 11) is 2.15. The third-order valence-electron chi connectivity index (χ3n) is 2.40. The van der Waals surface area contributed by atoms with E-state index in [2.05, 4.69) is 30.4 Å². The number of likely N-dealkylation sites (N-methyl/N-ethyl adjacent to an activating group) is 1. The molecular weight excluding hydrogens is 148 g/mol. The maximum Gasteiger partial charge on any atom is 0.0486 e. The van der Waals surface area contributed by atoms with E-state index < -0.39 is 0 Å². The van der Waals surface area contributed by atoms with Gasteiger partial charge in [-0.05, 0) is 26.4 Å². The van der Waals surface area contributed by atoms with Crippen molar-refractivity contribution in [2.24, 2.45) is 0 Å². The Labute approximate surface area is 74.9 Å². The summed E-state index contributed by atoms with van der Waals surface area (Å²) in [6, 6.07) is 0.532. The Morgan fingerprint density at radius 2 is 2.50 bits per heavy atom. The van der Waals surface area contributed by atoms with Crippen LogP contribution in [0.15, 0.2) is 24.9 Å². The Kier molecular flexibility index (Phi) is 3.35. The van der Waals surface area contributed by atoms with Gasteiger partial charge in [-0.2, -0.15) is 0 Å². The maximum absolute atomic E-state index is 4.02. The average molecular weight is 166 g/mol. The molecule has 1 fully saturated rings. The fourth-order valence-corrected chi connectivity index (χ4v) is 1.67. The van der Waals surface area contributed by atoms with Gasteiger partial charge in [-0.1, -0.05) is 12.7 Å². The first-order valence-corrected chi connectivity index (χ1v) is 4.49. The predicted molar refractivity (Wildman–Crippen MR) is 53.0 cm³/mol. The van der Waals surface area contributed by atoms with Crippen molar-refractivity contribution in [3.8, 4) is 0 Å². The van der Waals surface area contributed by atoms with Gasteiger partial charge in [-0.25, -0.2) is 0 Å². The Morgan fingerprint density at radius 1 is 1.75 bits per heavy atom. The fourth-order valence-electron chi connectivity index (χ4n) is 1.67. The summed E-state index contributed by atoms with van der Waals surface area (Å²) in [5.41, 5.74) is 1.13. The predicted octanol–water partition coefficient (Wildman–Crippen LogP) is 1.37. The Morgan fingerprint density at radius 3 is 3.00 bits per heavy atom. The van der Waals surface area contributed by atoms with Gasteiger partial charge < -0.3 is 5.32 Å². The lowest BCUT2D eigenvalue weighted by molar-refractivity contribution is 0.336. The maximum atomic E-state index is 4.02. The molecule has 1 N–H and O–H groups in total. The average Bonchev–Trinajstić information content (AvgIpc) is 2.47. The summed E-state index contributed by atoms with van der Waals surface area (Å²) in [6.07, 6.45) is 4.38. The van der Waals surface area contributed by atoms with Gasteiger partial charge in [0, 0.05) is 18.3 Å². The Hall–Kier alpha value is -0.760. The van der Waals surface area contributed by atoms with E-state index in [1.54, 1.807) is 0 Å². The molecule has 0 aliphatic carbocycles. The number of hydrogen-bond donors (Lipinski definition) is 1. The Balaban J connectivity index is 2.35. The molecular formula is C10H18N2. The quantitative estimate of drug-likeness (QED) is 0.635. The third kappa shape index (κ3) is 2.11. The van der Waals surface area contributed by atoms with E-state index in [9.17, 15) is 0 Å². The highest BCUT2D eigenvalue weighted by Crippen LogP contribution is 2.18. The van der Waals surface area contributed by atoms with E-state index in [1.165, 1.54) is 19.4 Å². The standard InChI is InChI=1S/C10H18N2/c1-4-7-11-9(2)10-6-5-8-12(10)3/h4,10-11H,1-2,5-8H2,3H3. The molecule has 0 bridgehead atoms. The van der Waals surface area contributed by atoms with Crippen molar-refractivity contribution >= 4 is 0 Å². The smallest absolute Gasteiger partial charge is 0.0486 e. The SMILES string of the molecule is C=CCNC(=C)C1CCCN1C. The van der Waals surface area contributed by atoms with Crippen molar-refractivity contribution in [1.29, 1.82) is 0 Å². The number of nitrogens with zero attached hydrogens (tertiary/aromatic N) is 1. The summed E-state index contributed by atoms with van der Waals surface area (Å²) in [6.45, 7) is 9.70. The second kappa shape index (κ2) is 4.31. The highest BCUT2D eigenvalue weighted by Gasteiger charge is 2.22. The Bertz CT molecular complexity index is 175. The van der Waals surface area contributed by atoms with Gasteiger partial charge in [0.25, 0.3) is 0 Å². The number of rotatable bonds is 4. The summed E-state index contributed by atoms with van der Waals surface area (Å²) < 4.78 is 0. The van der Waals surface area contributed by atoms with Crippen LogP contribution in [0.25, 0.3) is 0 Å². The second-order valence-corrected chi connectivity index (χ2v) is 3.33. The van der Waals surface area contributed by atoms with Crippen LogP contribution >= 0.6 is 0 Å². The molecule has 1 aliphatic heterocycles. The fraction of sp³-hybridized carbons (Fsp3) is 0.600. The number of likely N-dealkylation sites (tertiary alicyclic amines) is 1. The molecule has 1 atom stereocenters. The summed E-state index contributed by atoms with van der Waals surface area (Å²) >= 11 is 0. The molecule has 1 unspecified atom stereocenters. The zero-order valence-electron chi connectivity index (χ0n) is 7.84. The van der Waals surface area contributed by atoms with E-state index >= 15 is 0 Å². The molecule has 0 aromatic heterocycles. The lowest BCUT2D eigenvalue weighted by Crippen LogP contribution is -2.32. The topological polar surface area (TPSA) is 15.3 Å². The van der Waals surface area contributed by atoms with Crippen LogP contribution < -0.4 is 5.32 Å². The largest absolute Gasteiger partial charge is 0.384 e. The minimum atomic E-state index is 0.532. The molecule has 1 saturated heterocycles. The summed E-state index contributed by atoms with van der Waals surface area (Å²) in [5, 5.41) is 3.25. The molecule has 0 radical (unpaired) electrons. The van der Waals surface area contributed by atoms with Crippen molar-refractivity contribution < 1.29 is 0 Å². The van der Waals surface area contributed by atoms with Gasteiger partial charge in [0.15, 0.2) is 0 Å². The molecule has 0 amide bonds. The van der Waals surface area contributed by atoms with E-state index in [0.29, 0.717) is 6.04 Å². The van der Waals surface area contributed by atoms with Crippen LogP contribution in [0.2, 0.25) is 0 Å². The van der Waals surface area contributed by atoms with E-state index in [-0.39, 0.29) is 0 Å². The molecule has 1 aliphatic rings.